The van der Waals surface area contributed by atoms with Crippen LogP contribution in [0.1, 0.15) is 37.3 Å². The summed E-state index contributed by atoms with van der Waals surface area (Å²) in [4.78, 5) is 6.90. The molecule has 0 saturated carbocycles. The molecule has 1 unspecified atom stereocenters. The average Bonchev–Trinajstić information content (AvgIpc) is 2.95. The number of hydrogen-bond acceptors (Lipinski definition) is 5. The van der Waals surface area contributed by atoms with Crippen LogP contribution in [0.25, 0.3) is 0 Å². The quantitative estimate of drug-likeness (QED) is 0.540. The van der Waals surface area contributed by atoms with Gasteiger partial charge in [0, 0.05) is 44.8 Å². The van der Waals surface area contributed by atoms with Crippen molar-refractivity contribution in [3.8, 4) is 0 Å². The predicted octanol–water partition coefficient (Wildman–Crippen LogP) is 1.75. The molecule has 1 aliphatic heterocycles. The van der Waals surface area contributed by atoms with Gasteiger partial charge < -0.3 is 19.9 Å². The summed E-state index contributed by atoms with van der Waals surface area (Å²) in [5.41, 5.74) is 2.15. The van der Waals surface area contributed by atoms with Gasteiger partial charge in [0.1, 0.15) is 5.76 Å². The number of aromatic nitrogens is 1. The Labute approximate surface area is 157 Å². The molecule has 2 N–H and O–H groups in total. The van der Waals surface area contributed by atoms with E-state index in [2.05, 4.69) is 39.5 Å². The molecule has 2 heterocycles. The maximum Gasteiger partial charge on any atom is 0.191 e. The van der Waals surface area contributed by atoms with Crippen LogP contribution in [-0.4, -0.2) is 68.5 Å². The van der Waals surface area contributed by atoms with Crippen LogP contribution in [0.2, 0.25) is 0 Å². The molecule has 148 valence electrons. The number of nitrogens with one attached hydrogen (secondary N) is 2. The maximum atomic E-state index is 5.50. The fourth-order valence-corrected chi connectivity index (χ4v) is 3.45. The zero-order chi connectivity index (χ0) is 18.9. The number of guanidine groups is 1. The van der Waals surface area contributed by atoms with Crippen LogP contribution in [-0.2, 0) is 11.2 Å². The minimum absolute atomic E-state index is 0.500. The summed E-state index contributed by atoms with van der Waals surface area (Å²) in [5, 5.41) is 10.9. The summed E-state index contributed by atoms with van der Waals surface area (Å²) in [7, 11) is 1.82. The summed E-state index contributed by atoms with van der Waals surface area (Å²) >= 11 is 0. The van der Waals surface area contributed by atoms with Gasteiger partial charge in [-0.1, -0.05) is 19.0 Å². The molecule has 1 aliphatic rings. The molecule has 1 saturated heterocycles. The Morgan fingerprint density at radius 1 is 1.23 bits per heavy atom. The molecule has 0 bridgehead atoms. The third-order valence-corrected chi connectivity index (χ3v) is 4.88. The van der Waals surface area contributed by atoms with Gasteiger partial charge >= 0.3 is 0 Å². The smallest absolute Gasteiger partial charge is 0.191 e. The molecule has 0 spiro atoms. The van der Waals surface area contributed by atoms with Gasteiger partial charge in [-0.15, -0.1) is 0 Å². The van der Waals surface area contributed by atoms with Crippen LogP contribution in [0, 0.1) is 19.8 Å². The van der Waals surface area contributed by atoms with Gasteiger partial charge in [-0.25, -0.2) is 0 Å². The highest BCUT2D eigenvalue weighted by molar-refractivity contribution is 5.79. The molecule has 1 fully saturated rings. The molecule has 2 rings (SSSR count). The summed E-state index contributed by atoms with van der Waals surface area (Å²) in [6, 6.07) is 0.500. The molecular formula is C19H35N5O2. The largest absolute Gasteiger partial charge is 0.379 e. The average molecular weight is 366 g/mol. The van der Waals surface area contributed by atoms with Gasteiger partial charge in [0.25, 0.3) is 0 Å². The lowest BCUT2D eigenvalue weighted by atomic mass is 10.0. The Bertz CT molecular complexity index is 545. The summed E-state index contributed by atoms with van der Waals surface area (Å²) in [6.07, 6.45) is 2.05. The van der Waals surface area contributed by atoms with Crippen LogP contribution in [0.5, 0.6) is 0 Å². The van der Waals surface area contributed by atoms with Crippen molar-refractivity contribution in [2.75, 3.05) is 46.4 Å². The topological polar surface area (TPSA) is 74.9 Å². The standard InChI is InChI=1S/C19H35N5O2/c1-14(2)12-17(24-8-10-25-11-9-24)13-22-19(20-5)21-7-6-18-15(3)23-26-16(18)4/h14,17H,6-13H2,1-5H3,(H2,20,21,22). The Morgan fingerprint density at radius 3 is 2.54 bits per heavy atom. The zero-order valence-electron chi connectivity index (χ0n) is 17.0. The highest BCUT2D eigenvalue weighted by atomic mass is 16.5. The Kier molecular flexibility index (Phi) is 8.38. The molecule has 0 aliphatic carbocycles. The van der Waals surface area contributed by atoms with Crippen LogP contribution in [0.3, 0.4) is 0 Å². The van der Waals surface area contributed by atoms with E-state index in [1.165, 1.54) is 12.0 Å². The van der Waals surface area contributed by atoms with E-state index in [1.807, 2.05) is 20.9 Å². The van der Waals surface area contributed by atoms with E-state index >= 15 is 0 Å². The highest BCUT2D eigenvalue weighted by Gasteiger charge is 2.22. The first-order chi connectivity index (χ1) is 12.5. The summed E-state index contributed by atoms with van der Waals surface area (Å²) in [6.45, 7) is 13.9. The molecular weight excluding hydrogens is 330 g/mol. The molecule has 1 atom stereocenters. The fourth-order valence-electron chi connectivity index (χ4n) is 3.45. The van der Waals surface area contributed by atoms with Crippen molar-refractivity contribution in [3.05, 3.63) is 17.0 Å². The van der Waals surface area contributed by atoms with Crippen molar-refractivity contribution in [1.82, 2.24) is 20.7 Å². The second-order valence-corrected chi connectivity index (χ2v) is 7.36. The molecule has 0 aromatic carbocycles. The summed E-state index contributed by atoms with van der Waals surface area (Å²) < 4.78 is 10.7. The van der Waals surface area contributed by atoms with E-state index in [9.17, 15) is 0 Å². The Balaban J connectivity index is 1.81. The minimum atomic E-state index is 0.500. The zero-order valence-corrected chi connectivity index (χ0v) is 17.0. The minimum Gasteiger partial charge on any atom is -0.379 e. The van der Waals surface area contributed by atoms with Gasteiger partial charge in [-0.05, 0) is 32.6 Å². The second kappa shape index (κ2) is 10.5. The summed E-state index contributed by atoms with van der Waals surface area (Å²) in [5.74, 6) is 2.41. The number of ether oxygens (including phenoxy) is 1. The van der Waals surface area contributed by atoms with Gasteiger partial charge in [-0.3, -0.25) is 9.89 Å². The number of morpholine rings is 1. The Hall–Kier alpha value is -1.60. The van der Waals surface area contributed by atoms with Gasteiger partial charge in [0.05, 0.1) is 18.9 Å². The molecule has 7 nitrogen and oxygen atoms in total. The molecule has 1 aromatic rings. The lowest BCUT2D eigenvalue weighted by Gasteiger charge is -2.35. The van der Waals surface area contributed by atoms with E-state index in [0.29, 0.717) is 12.0 Å². The normalized spacial score (nSPS) is 17.5. The molecule has 0 radical (unpaired) electrons. The van der Waals surface area contributed by atoms with Crippen molar-refractivity contribution in [1.29, 1.82) is 0 Å². The third kappa shape index (κ3) is 6.29. The van der Waals surface area contributed by atoms with Crippen molar-refractivity contribution >= 4 is 5.96 Å². The molecule has 1 aromatic heterocycles. The van der Waals surface area contributed by atoms with Crippen LogP contribution >= 0.6 is 0 Å². The first-order valence-corrected chi connectivity index (χ1v) is 9.69. The molecule has 7 heteroatoms. The number of aryl methyl sites for hydroxylation is 2. The van der Waals surface area contributed by atoms with Crippen molar-refractivity contribution in [2.45, 2.75) is 46.6 Å². The van der Waals surface area contributed by atoms with E-state index in [-0.39, 0.29) is 0 Å². The van der Waals surface area contributed by atoms with Crippen molar-refractivity contribution in [3.63, 3.8) is 0 Å². The fraction of sp³-hybridized carbons (Fsp3) is 0.789. The number of rotatable bonds is 8. The van der Waals surface area contributed by atoms with Crippen LogP contribution in [0.15, 0.2) is 9.52 Å². The van der Waals surface area contributed by atoms with Crippen LogP contribution in [0.4, 0.5) is 0 Å². The van der Waals surface area contributed by atoms with Crippen LogP contribution < -0.4 is 10.6 Å². The SMILES string of the molecule is CN=C(NCCc1c(C)noc1C)NCC(CC(C)C)N1CCOCC1. The van der Waals surface area contributed by atoms with E-state index < -0.39 is 0 Å². The number of nitrogens with zero attached hydrogens (tertiary/aromatic N) is 3. The predicted molar refractivity (Wildman–Crippen MR) is 105 cm³/mol. The lowest BCUT2D eigenvalue weighted by molar-refractivity contribution is 0.0132. The maximum absolute atomic E-state index is 5.50. The third-order valence-electron chi connectivity index (χ3n) is 4.88. The van der Waals surface area contributed by atoms with E-state index in [1.54, 1.807) is 0 Å². The van der Waals surface area contributed by atoms with Gasteiger partial charge in [0.2, 0.25) is 0 Å². The molecule has 0 amide bonds. The highest BCUT2D eigenvalue weighted by Crippen LogP contribution is 2.13. The first-order valence-electron chi connectivity index (χ1n) is 9.69. The van der Waals surface area contributed by atoms with Crippen molar-refractivity contribution in [2.24, 2.45) is 10.9 Å². The first kappa shape index (κ1) is 20.7. The van der Waals surface area contributed by atoms with E-state index in [0.717, 1.165) is 63.2 Å². The second-order valence-electron chi connectivity index (χ2n) is 7.36. The Morgan fingerprint density at radius 2 is 1.96 bits per heavy atom. The molecule has 26 heavy (non-hydrogen) atoms. The van der Waals surface area contributed by atoms with Crippen molar-refractivity contribution < 1.29 is 9.26 Å². The lowest BCUT2D eigenvalue weighted by Crippen LogP contribution is -2.51. The van der Waals surface area contributed by atoms with Gasteiger partial charge in [0.15, 0.2) is 5.96 Å². The number of hydrogen-bond donors (Lipinski definition) is 2. The van der Waals surface area contributed by atoms with E-state index in [4.69, 9.17) is 9.26 Å². The van der Waals surface area contributed by atoms with Gasteiger partial charge in [-0.2, -0.15) is 0 Å². The monoisotopic (exact) mass is 365 g/mol. The number of aliphatic imine (C=N–C) groups is 1.